The first-order valence-electron chi connectivity index (χ1n) is 10.6. The third-order valence-electron chi connectivity index (χ3n) is 5.72. The Balaban J connectivity index is 1.38. The van der Waals surface area contributed by atoms with Gasteiger partial charge in [-0.15, -0.1) is 0 Å². The van der Waals surface area contributed by atoms with Crippen LogP contribution < -0.4 is 4.74 Å². The molecule has 1 aromatic heterocycles. The van der Waals surface area contributed by atoms with Crippen LogP contribution in [0.2, 0.25) is 0 Å². The van der Waals surface area contributed by atoms with Crippen LogP contribution in [0, 0.1) is 6.92 Å². The van der Waals surface area contributed by atoms with Gasteiger partial charge in [-0.05, 0) is 48.7 Å². The molecule has 5 heteroatoms. The molecule has 0 N–H and O–H groups in total. The van der Waals surface area contributed by atoms with Gasteiger partial charge in [0.25, 0.3) is 0 Å². The van der Waals surface area contributed by atoms with Gasteiger partial charge in [0.1, 0.15) is 18.5 Å². The molecule has 0 aliphatic carbocycles. The molecular formula is C25H28N2O3. The summed E-state index contributed by atoms with van der Waals surface area (Å²) in [5, 5.41) is 1.16. The molecule has 2 aromatic carbocycles. The average Bonchev–Trinajstić information content (AvgIpc) is 2.79. The normalized spacial score (nSPS) is 14.8. The van der Waals surface area contributed by atoms with Crippen molar-refractivity contribution in [2.45, 2.75) is 32.8 Å². The fourth-order valence-corrected chi connectivity index (χ4v) is 4.01. The molecule has 0 spiro atoms. The predicted molar refractivity (Wildman–Crippen MR) is 119 cm³/mol. The molecule has 0 bridgehead atoms. The second-order valence-corrected chi connectivity index (χ2v) is 7.67. The monoisotopic (exact) mass is 404 g/mol. The van der Waals surface area contributed by atoms with E-state index in [4.69, 9.17) is 9.47 Å². The maximum atomic E-state index is 12.1. The fourth-order valence-electron chi connectivity index (χ4n) is 4.01. The topological polar surface area (TPSA) is 51.7 Å². The number of carbonyl (C=O) groups is 1. The number of ether oxygens (including phenoxy) is 2. The van der Waals surface area contributed by atoms with Crippen LogP contribution in [0.15, 0.2) is 54.7 Å². The number of aryl methyl sites for hydroxylation is 1. The lowest BCUT2D eigenvalue weighted by molar-refractivity contribution is -0.137. The Morgan fingerprint density at radius 3 is 2.60 bits per heavy atom. The van der Waals surface area contributed by atoms with E-state index in [0.29, 0.717) is 6.61 Å². The number of benzene rings is 2. The zero-order valence-electron chi connectivity index (χ0n) is 17.6. The molecule has 1 aliphatic heterocycles. The van der Waals surface area contributed by atoms with Crippen molar-refractivity contribution in [1.29, 1.82) is 0 Å². The Morgan fingerprint density at radius 1 is 1.10 bits per heavy atom. The fraction of sp³-hybridized carbons (Fsp3) is 0.360. The Kier molecular flexibility index (Phi) is 6.29. The SMILES string of the molecule is CCOCC(=O)N1CCC(Oc2ccc(-c3ccc4cccnc4c3C)cc2)CC1. The molecule has 156 valence electrons. The van der Waals surface area contributed by atoms with Crippen LogP contribution in [0.1, 0.15) is 25.3 Å². The number of aromatic nitrogens is 1. The van der Waals surface area contributed by atoms with Crippen LogP contribution in [-0.2, 0) is 9.53 Å². The van der Waals surface area contributed by atoms with Gasteiger partial charge in [0, 0.05) is 44.1 Å². The van der Waals surface area contributed by atoms with E-state index in [2.05, 4.69) is 42.2 Å². The molecule has 4 rings (SSSR count). The number of piperidine rings is 1. The minimum Gasteiger partial charge on any atom is -0.490 e. The zero-order valence-corrected chi connectivity index (χ0v) is 17.6. The number of nitrogens with zero attached hydrogens (tertiary/aromatic N) is 2. The number of rotatable bonds is 6. The van der Waals surface area contributed by atoms with Crippen molar-refractivity contribution in [3.05, 3.63) is 60.3 Å². The predicted octanol–water partition coefficient (Wildman–Crippen LogP) is 4.62. The zero-order chi connectivity index (χ0) is 20.9. The second kappa shape index (κ2) is 9.26. The number of likely N-dealkylation sites (tertiary alicyclic amines) is 1. The van der Waals surface area contributed by atoms with Crippen LogP contribution in [0.5, 0.6) is 5.75 Å². The van der Waals surface area contributed by atoms with Crippen molar-refractivity contribution in [2.75, 3.05) is 26.3 Å². The van der Waals surface area contributed by atoms with Crippen molar-refractivity contribution in [3.8, 4) is 16.9 Å². The van der Waals surface area contributed by atoms with Crippen molar-refractivity contribution >= 4 is 16.8 Å². The highest BCUT2D eigenvalue weighted by Gasteiger charge is 2.23. The van der Waals surface area contributed by atoms with Crippen molar-refractivity contribution < 1.29 is 14.3 Å². The molecule has 2 heterocycles. The van der Waals surface area contributed by atoms with Gasteiger partial charge in [-0.2, -0.15) is 0 Å². The maximum absolute atomic E-state index is 12.1. The lowest BCUT2D eigenvalue weighted by Crippen LogP contribution is -2.43. The number of hydrogen-bond acceptors (Lipinski definition) is 4. The van der Waals surface area contributed by atoms with Gasteiger partial charge >= 0.3 is 0 Å². The van der Waals surface area contributed by atoms with E-state index < -0.39 is 0 Å². The van der Waals surface area contributed by atoms with E-state index in [0.717, 1.165) is 48.1 Å². The maximum Gasteiger partial charge on any atom is 0.248 e. The van der Waals surface area contributed by atoms with E-state index in [-0.39, 0.29) is 18.6 Å². The van der Waals surface area contributed by atoms with Crippen LogP contribution in [0.25, 0.3) is 22.0 Å². The van der Waals surface area contributed by atoms with Crippen LogP contribution in [0.3, 0.4) is 0 Å². The summed E-state index contributed by atoms with van der Waals surface area (Å²) < 4.78 is 11.4. The molecular weight excluding hydrogens is 376 g/mol. The third kappa shape index (κ3) is 4.46. The summed E-state index contributed by atoms with van der Waals surface area (Å²) in [6.45, 7) is 6.20. The van der Waals surface area contributed by atoms with Gasteiger partial charge in [0.05, 0.1) is 5.52 Å². The van der Waals surface area contributed by atoms with Crippen LogP contribution >= 0.6 is 0 Å². The molecule has 0 atom stereocenters. The highest BCUT2D eigenvalue weighted by Crippen LogP contribution is 2.30. The molecule has 1 saturated heterocycles. The number of hydrogen-bond donors (Lipinski definition) is 0. The highest BCUT2D eigenvalue weighted by atomic mass is 16.5. The first-order valence-corrected chi connectivity index (χ1v) is 10.6. The van der Waals surface area contributed by atoms with E-state index in [1.54, 1.807) is 0 Å². The Morgan fingerprint density at radius 2 is 1.87 bits per heavy atom. The largest absolute Gasteiger partial charge is 0.490 e. The number of amides is 1. The molecule has 5 nitrogen and oxygen atoms in total. The van der Waals surface area contributed by atoms with Crippen LogP contribution in [-0.4, -0.2) is 48.2 Å². The molecule has 3 aromatic rings. The highest BCUT2D eigenvalue weighted by molar-refractivity contribution is 5.88. The van der Waals surface area contributed by atoms with Gasteiger partial charge in [0.2, 0.25) is 5.91 Å². The first kappa shape index (κ1) is 20.4. The summed E-state index contributed by atoms with van der Waals surface area (Å²) >= 11 is 0. The van der Waals surface area contributed by atoms with E-state index in [1.165, 1.54) is 11.1 Å². The van der Waals surface area contributed by atoms with Crippen molar-refractivity contribution in [2.24, 2.45) is 0 Å². The van der Waals surface area contributed by atoms with E-state index in [9.17, 15) is 4.79 Å². The lowest BCUT2D eigenvalue weighted by atomic mass is 9.98. The molecule has 1 aliphatic rings. The van der Waals surface area contributed by atoms with Crippen molar-refractivity contribution in [1.82, 2.24) is 9.88 Å². The van der Waals surface area contributed by atoms with Gasteiger partial charge in [-0.1, -0.05) is 30.3 Å². The minimum atomic E-state index is 0.0693. The molecule has 0 saturated carbocycles. The van der Waals surface area contributed by atoms with Gasteiger partial charge in [-0.25, -0.2) is 0 Å². The van der Waals surface area contributed by atoms with Gasteiger partial charge in [-0.3, -0.25) is 9.78 Å². The Labute approximate surface area is 177 Å². The second-order valence-electron chi connectivity index (χ2n) is 7.67. The molecule has 0 unspecified atom stereocenters. The summed E-state index contributed by atoms with van der Waals surface area (Å²) in [6, 6.07) is 16.6. The van der Waals surface area contributed by atoms with E-state index in [1.807, 2.05) is 36.2 Å². The lowest BCUT2D eigenvalue weighted by Gasteiger charge is -2.32. The Bertz CT molecular complexity index is 1010. The minimum absolute atomic E-state index is 0.0693. The van der Waals surface area contributed by atoms with Crippen molar-refractivity contribution in [3.63, 3.8) is 0 Å². The molecule has 1 amide bonds. The summed E-state index contributed by atoms with van der Waals surface area (Å²) in [5.41, 5.74) is 4.57. The first-order chi connectivity index (χ1) is 14.7. The summed E-state index contributed by atoms with van der Waals surface area (Å²) in [7, 11) is 0. The average molecular weight is 405 g/mol. The quantitative estimate of drug-likeness (QED) is 0.602. The molecule has 1 fully saturated rings. The van der Waals surface area contributed by atoms with Gasteiger partial charge < -0.3 is 14.4 Å². The number of fused-ring (bicyclic) bond motifs is 1. The smallest absolute Gasteiger partial charge is 0.248 e. The van der Waals surface area contributed by atoms with Gasteiger partial charge in [0.15, 0.2) is 0 Å². The van der Waals surface area contributed by atoms with Crippen LogP contribution in [0.4, 0.5) is 0 Å². The molecule has 0 radical (unpaired) electrons. The third-order valence-corrected chi connectivity index (χ3v) is 5.72. The van der Waals surface area contributed by atoms with E-state index >= 15 is 0 Å². The Hall–Kier alpha value is -2.92. The summed E-state index contributed by atoms with van der Waals surface area (Å²) in [6.07, 6.45) is 3.66. The molecule has 30 heavy (non-hydrogen) atoms. The number of carbonyl (C=O) groups excluding carboxylic acids is 1. The summed E-state index contributed by atoms with van der Waals surface area (Å²) in [4.78, 5) is 18.5. The standard InChI is InChI=1S/C25H28N2O3/c1-3-29-17-24(28)27-15-12-22(13-16-27)30-21-9-6-19(7-10-21)23-11-8-20-5-4-14-26-25(20)18(23)2/h4-11,14,22H,3,12-13,15-17H2,1-2H3. The number of pyridine rings is 1. The summed E-state index contributed by atoms with van der Waals surface area (Å²) in [5.74, 6) is 0.939.